The standard InChI is InChI=1S/C14H11BrF2N2O3/c1-2-22-14(21)12-9(7-20)13(15)19(18-12)6-8-10(16)4-3-5-11(8)17/h3-5,7H,2,6H2,1H3. The smallest absolute Gasteiger partial charge is 0.359 e. The molecule has 1 aromatic carbocycles. The molecule has 1 heterocycles. The van der Waals surface area contributed by atoms with E-state index in [4.69, 9.17) is 4.74 Å². The van der Waals surface area contributed by atoms with Gasteiger partial charge in [0, 0.05) is 5.56 Å². The molecular formula is C14H11BrF2N2O3. The highest BCUT2D eigenvalue weighted by Crippen LogP contribution is 2.22. The van der Waals surface area contributed by atoms with Crippen LogP contribution in [0.2, 0.25) is 0 Å². The predicted molar refractivity (Wildman–Crippen MR) is 76.7 cm³/mol. The van der Waals surface area contributed by atoms with Crippen molar-refractivity contribution in [1.29, 1.82) is 0 Å². The van der Waals surface area contributed by atoms with E-state index in [9.17, 15) is 18.4 Å². The fourth-order valence-corrected chi connectivity index (χ4v) is 2.33. The van der Waals surface area contributed by atoms with Crippen molar-refractivity contribution >= 4 is 28.2 Å². The second-order valence-corrected chi connectivity index (χ2v) is 5.00. The molecule has 8 heteroatoms. The Bertz CT molecular complexity index is 711. The molecular weight excluding hydrogens is 362 g/mol. The maximum Gasteiger partial charge on any atom is 0.359 e. The van der Waals surface area contributed by atoms with E-state index in [1.165, 1.54) is 6.07 Å². The third-order valence-corrected chi connectivity index (χ3v) is 3.72. The average molecular weight is 373 g/mol. The lowest BCUT2D eigenvalue weighted by Gasteiger charge is -2.06. The van der Waals surface area contributed by atoms with Crippen LogP contribution in [0.15, 0.2) is 22.8 Å². The SMILES string of the molecule is CCOC(=O)c1nn(Cc2c(F)cccc2F)c(Br)c1C=O. The van der Waals surface area contributed by atoms with E-state index in [1.54, 1.807) is 6.92 Å². The largest absolute Gasteiger partial charge is 0.461 e. The highest BCUT2D eigenvalue weighted by Gasteiger charge is 2.23. The van der Waals surface area contributed by atoms with E-state index >= 15 is 0 Å². The van der Waals surface area contributed by atoms with Gasteiger partial charge < -0.3 is 4.74 Å². The van der Waals surface area contributed by atoms with Gasteiger partial charge in [-0.25, -0.2) is 13.6 Å². The van der Waals surface area contributed by atoms with Gasteiger partial charge in [-0.3, -0.25) is 9.48 Å². The Hall–Kier alpha value is -2.09. The Morgan fingerprint density at radius 3 is 2.59 bits per heavy atom. The third-order valence-electron chi connectivity index (χ3n) is 2.88. The molecule has 1 aromatic heterocycles. The van der Waals surface area contributed by atoms with E-state index in [0.717, 1.165) is 16.8 Å². The minimum Gasteiger partial charge on any atom is -0.461 e. The molecule has 0 amide bonds. The number of benzene rings is 1. The lowest BCUT2D eigenvalue weighted by molar-refractivity contribution is 0.0516. The van der Waals surface area contributed by atoms with Crippen molar-refractivity contribution < 1.29 is 23.1 Å². The number of ether oxygens (including phenoxy) is 1. The fraction of sp³-hybridized carbons (Fsp3) is 0.214. The maximum atomic E-state index is 13.7. The minimum atomic E-state index is -0.780. The molecule has 0 saturated carbocycles. The van der Waals surface area contributed by atoms with Gasteiger partial charge in [0.15, 0.2) is 12.0 Å². The van der Waals surface area contributed by atoms with Crippen molar-refractivity contribution in [3.05, 3.63) is 51.3 Å². The number of esters is 1. The lowest BCUT2D eigenvalue weighted by Crippen LogP contribution is -2.10. The molecule has 0 aliphatic carbocycles. The second-order valence-electron chi connectivity index (χ2n) is 4.25. The Kier molecular flexibility index (Phi) is 5.02. The first-order valence-corrected chi connectivity index (χ1v) is 7.10. The monoisotopic (exact) mass is 372 g/mol. The summed E-state index contributed by atoms with van der Waals surface area (Å²) in [5.74, 6) is -2.27. The number of halogens is 3. The Balaban J connectivity index is 2.44. The van der Waals surface area contributed by atoms with Gasteiger partial charge in [-0.2, -0.15) is 5.10 Å². The molecule has 0 atom stereocenters. The van der Waals surface area contributed by atoms with Crippen LogP contribution < -0.4 is 0 Å². The van der Waals surface area contributed by atoms with Crippen LogP contribution in [-0.4, -0.2) is 28.6 Å². The first-order chi connectivity index (χ1) is 10.5. The van der Waals surface area contributed by atoms with Crippen LogP contribution in [-0.2, 0) is 11.3 Å². The van der Waals surface area contributed by atoms with Crippen LogP contribution >= 0.6 is 15.9 Å². The van der Waals surface area contributed by atoms with Gasteiger partial charge in [0.05, 0.1) is 18.7 Å². The zero-order valence-corrected chi connectivity index (χ0v) is 13.1. The third kappa shape index (κ3) is 3.06. The molecule has 5 nitrogen and oxygen atoms in total. The molecule has 2 rings (SSSR count). The van der Waals surface area contributed by atoms with E-state index < -0.39 is 17.6 Å². The first-order valence-electron chi connectivity index (χ1n) is 6.31. The van der Waals surface area contributed by atoms with Gasteiger partial charge >= 0.3 is 5.97 Å². The summed E-state index contributed by atoms with van der Waals surface area (Å²) < 4.78 is 33.4. The van der Waals surface area contributed by atoms with Crippen molar-refractivity contribution in [3.63, 3.8) is 0 Å². The van der Waals surface area contributed by atoms with E-state index in [0.29, 0.717) is 6.29 Å². The number of hydrogen-bond acceptors (Lipinski definition) is 4. The summed E-state index contributed by atoms with van der Waals surface area (Å²) in [7, 11) is 0. The molecule has 0 fully saturated rings. The van der Waals surface area contributed by atoms with Crippen LogP contribution in [0.5, 0.6) is 0 Å². The van der Waals surface area contributed by atoms with E-state index in [2.05, 4.69) is 21.0 Å². The number of aldehydes is 1. The number of aromatic nitrogens is 2. The number of nitrogens with zero attached hydrogens (tertiary/aromatic N) is 2. The topological polar surface area (TPSA) is 61.2 Å². The molecule has 0 spiro atoms. The Morgan fingerprint density at radius 2 is 2.05 bits per heavy atom. The summed E-state index contributed by atoms with van der Waals surface area (Å²) in [6, 6.07) is 3.47. The van der Waals surface area contributed by atoms with E-state index in [-0.39, 0.29) is 34.6 Å². The Morgan fingerprint density at radius 1 is 1.41 bits per heavy atom. The molecule has 0 radical (unpaired) electrons. The van der Waals surface area contributed by atoms with Gasteiger partial charge in [0.2, 0.25) is 0 Å². The van der Waals surface area contributed by atoms with Gasteiger partial charge in [-0.05, 0) is 35.0 Å². The predicted octanol–water partition coefficient (Wildman–Crippen LogP) is 2.96. The van der Waals surface area contributed by atoms with Crippen LogP contribution in [0, 0.1) is 11.6 Å². The maximum absolute atomic E-state index is 13.7. The van der Waals surface area contributed by atoms with Gasteiger partial charge in [0.1, 0.15) is 16.2 Å². The summed E-state index contributed by atoms with van der Waals surface area (Å²) in [5.41, 5.74) is -0.464. The minimum absolute atomic E-state index is 0.0322. The van der Waals surface area contributed by atoms with Crippen molar-refractivity contribution in [2.75, 3.05) is 6.61 Å². The highest BCUT2D eigenvalue weighted by molar-refractivity contribution is 9.10. The second kappa shape index (κ2) is 6.78. The number of rotatable bonds is 5. The summed E-state index contributed by atoms with van der Waals surface area (Å²) in [6.45, 7) is 1.45. The van der Waals surface area contributed by atoms with Crippen LogP contribution in [0.3, 0.4) is 0 Å². The van der Waals surface area contributed by atoms with Gasteiger partial charge in [-0.15, -0.1) is 0 Å². The molecule has 0 bridgehead atoms. The van der Waals surface area contributed by atoms with Crippen molar-refractivity contribution in [1.82, 2.24) is 9.78 Å². The summed E-state index contributed by atoms with van der Waals surface area (Å²) >= 11 is 3.10. The van der Waals surface area contributed by atoms with Crippen LogP contribution in [0.25, 0.3) is 0 Å². The van der Waals surface area contributed by atoms with Crippen molar-refractivity contribution in [2.45, 2.75) is 13.5 Å². The quantitative estimate of drug-likeness (QED) is 0.597. The zero-order chi connectivity index (χ0) is 16.3. The van der Waals surface area contributed by atoms with Crippen LogP contribution in [0.4, 0.5) is 8.78 Å². The number of carbonyl (C=O) groups excluding carboxylic acids is 2. The van der Waals surface area contributed by atoms with E-state index in [1.807, 2.05) is 0 Å². The fourth-order valence-electron chi connectivity index (χ4n) is 1.85. The molecule has 22 heavy (non-hydrogen) atoms. The van der Waals surface area contributed by atoms with Gasteiger partial charge in [0.25, 0.3) is 0 Å². The summed E-state index contributed by atoms with van der Waals surface area (Å²) in [6.07, 6.45) is 0.428. The van der Waals surface area contributed by atoms with Crippen molar-refractivity contribution in [3.8, 4) is 0 Å². The van der Waals surface area contributed by atoms with Crippen LogP contribution in [0.1, 0.15) is 33.3 Å². The molecule has 116 valence electrons. The number of hydrogen-bond donors (Lipinski definition) is 0. The molecule has 2 aromatic rings. The molecule has 0 unspecified atom stereocenters. The summed E-state index contributed by atoms with van der Waals surface area (Å²) in [4.78, 5) is 22.9. The molecule has 0 N–H and O–H groups in total. The van der Waals surface area contributed by atoms with Gasteiger partial charge in [-0.1, -0.05) is 6.07 Å². The lowest BCUT2D eigenvalue weighted by atomic mass is 10.2. The zero-order valence-electron chi connectivity index (χ0n) is 11.5. The summed E-state index contributed by atoms with van der Waals surface area (Å²) in [5, 5.41) is 3.91. The first kappa shape index (κ1) is 16.3. The number of carbonyl (C=O) groups is 2. The molecule has 0 saturated heterocycles. The Labute approximate surface area is 133 Å². The normalized spacial score (nSPS) is 10.5. The average Bonchev–Trinajstić information content (AvgIpc) is 2.79. The van der Waals surface area contributed by atoms with Crippen molar-refractivity contribution in [2.24, 2.45) is 0 Å². The highest BCUT2D eigenvalue weighted by atomic mass is 79.9. The molecule has 0 aliphatic rings. The molecule has 0 aliphatic heterocycles.